The van der Waals surface area contributed by atoms with Crippen molar-refractivity contribution in [2.24, 2.45) is 5.73 Å². The van der Waals surface area contributed by atoms with E-state index in [1.165, 1.54) is 6.42 Å². The molecule has 0 amide bonds. The van der Waals surface area contributed by atoms with Gasteiger partial charge in [0.25, 0.3) is 0 Å². The van der Waals surface area contributed by atoms with E-state index in [9.17, 15) is 0 Å². The van der Waals surface area contributed by atoms with E-state index in [0.29, 0.717) is 6.04 Å². The lowest BCUT2D eigenvalue weighted by molar-refractivity contribution is 0.0611. The Balaban J connectivity index is 2.34. The molecule has 1 heterocycles. The predicted molar refractivity (Wildman–Crippen MR) is 62.8 cm³/mol. The summed E-state index contributed by atoms with van der Waals surface area (Å²) in [5, 5.41) is 8.91. The Bertz CT molecular complexity index is 166. The molecule has 1 rings (SSSR count). The van der Waals surface area contributed by atoms with E-state index in [2.05, 4.69) is 16.7 Å². The molecule has 1 aliphatic rings. The molecule has 0 aliphatic carbocycles. The number of aliphatic hydroxyl groups is 1. The smallest absolute Gasteiger partial charge is 0.0558 e. The predicted octanol–water partition coefficient (Wildman–Crippen LogP) is -0.276. The van der Waals surface area contributed by atoms with Crippen molar-refractivity contribution in [1.29, 1.82) is 0 Å². The monoisotopic (exact) mass is 215 g/mol. The molecule has 1 atom stereocenters. The lowest BCUT2D eigenvalue weighted by Crippen LogP contribution is -2.53. The normalized spacial score (nSPS) is 24.6. The van der Waals surface area contributed by atoms with Gasteiger partial charge in [0.05, 0.1) is 6.61 Å². The molecule has 1 aliphatic heterocycles. The van der Waals surface area contributed by atoms with Crippen molar-refractivity contribution in [3.8, 4) is 0 Å². The van der Waals surface area contributed by atoms with Crippen LogP contribution in [0.4, 0.5) is 0 Å². The summed E-state index contributed by atoms with van der Waals surface area (Å²) in [5.74, 6) is 0. The van der Waals surface area contributed by atoms with Gasteiger partial charge >= 0.3 is 0 Å². The van der Waals surface area contributed by atoms with Gasteiger partial charge in [-0.15, -0.1) is 0 Å². The van der Waals surface area contributed by atoms with E-state index in [1.54, 1.807) is 0 Å². The van der Waals surface area contributed by atoms with Crippen LogP contribution in [-0.2, 0) is 0 Å². The Morgan fingerprint density at radius 2 is 2.13 bits per heavy atom. The summed E-state index contributed by atoms with van der Waals surface area (Å²) in [6.45, 7) is 8.56. The van der Waals surface area contributed by atoms with Crippen molar-refractivity contribution in [2.45, 2.75) is 25.8 Å². The maximum atomic E-state index is 8.91. The molecule has 1 unspecified atom stereocenters. The number of hydrogen-bond donors (Lipinski definition) is 2. The fraction of sp³-hybridized carbons (Fsp3) is 1.00. The zero-order chi connectivity index (χ0) is 11.1. The maximum Gasteiger partial charge on any atom is 0.0558 e. The van der Waals surface area contributed by atoms with Gasteiger partial charge < -0.3 is 10.8 Å². The quantitative estimate of drug-likeness (QED) is 0.640. The third-order valence-electron chi connectivity index (χ3n) is 3.23. The van der Waals surface area contributed by atoms with Crippen molar-refractivity contribution in [1.82, 2.24) is 9.80 Å². The molecule has 4 nitrogen and oxygen atoms in total. The molecule has 90 valence electrons. The van der Waals surface area contributed by atoms with Crippen molar-refractivity contribution in [3.63, 3.8) is 0 Å². The fourth-order valence-electron chi connectivity index (χ4n) is 2.28. The number of rotatable bonds is 6. The average Bonchev–Trinajstić information content (AvgIpc) is 2.27. The Labute approximate surface area is 93.0 Å². The van der Waals surface area contributed by atoms with E-state index >= 15 is 0 Å². The number of nitrogens with zero attached hydrogens (tertiary/aromatic N) is 2. The van der Waals surface area contributed by atoms with Crippen LogP contribution < -0.4 is 5.73 Å². The van der Waals surface area contributed by atoms with Gasteiger partial charge in [0.2, 0.25) is 0 Å². The lowest BCUT2D eigenvalue weighted by Gasteiger charge is -2.41. The van der Waals surface area contributed by atoms with Gasteiger partial charge in [-0.1, -0.05) is 6.92 Å². The van der Waals surface area contributed by atoms with E-state index < -0.39 is 0 Å². The molecule has 0 aromatic carbocycles. The highest BCUT2D eigenvalue weighted by atomic mass is 16.3. The Morgan fingerprint density at radius 1 is 1.33 bits per heavy atom. The number of nitrogens with two attached hydrogens (primary N) is 1. The van der Waals surface area contributed by atoms with Gasteiger partial charge in [0.1, 0.15) is 0 Å². The first-order valence-electron chi connectivity index (χ1n) is 6.09. The van der Waals surface area contributed by atoms with Gasteiger partial charge in [0, 0.05) is 32.2 Å². The van der Waals surface area contributed by atoms with E-state index in [0.717, 1.165) is 45.7 Å². The molecule has 3 N–H and O–H groups in total. The van der Waals surface area contributed by atoms with Gasteiger partial charge in [-0.05, 0) is 25.9 Å². The van der Waals surface area contributed by atoms with Crippen LogP contribution in [0.3, 0.4) is 0 Å². The first-order valence-corrected chi connectivity index (χ1v) is 6.09. The molecule has 0 bridgehead atoms. The lowest BCUT2D eigenvalue weighted by atomic mass is 10.1. The van der Waals surface area contributed by atoms with Crippen LogP contribution in [-0.4, -0.2) is 66.8 Å². The molecule has 1 fully saturated rings. The summed E-state index contributed by atoms with van der Waals surface area (Å²) in [6.07, 6.45) is 2.28. The first kappa shape index (κ1) is 12.9. The number of aliphatic hydroxyl groups excluding tert-OH is 1. The molecule has 0 aromatic heterocycles. The van der Waals surface area contributed by atoms with E-state index in [1.807, 2.05) is 0 Å². The minimum atomic E-state index is 0.277. The fourth-order valence-corrected chi connectivity index (χ4v) is 2.28. The second-order valence-electron chi connectivity index (χ2n) is 4.26. The Kier molecular flexibility index (Phi) is 6.17. The summed E-state index contributed by atoms with van der Waals surface area (Å²) in [6, 6.07) is 0.650. The van der Waals surface area contributed by atoms with Crippen molar-refractivity contribution in [2.75, 3.05) is 45.9 Å². The average molecular weight is 215 g/mol. The third kappa shape index (κ3) is 4.07. The van der Waals surface area contributed by atoms with Crippen LogP contribution in [0.15, 0.2) is 0 Å². The molecule has 0 saturated carbocycles. The molecular formula is C11H25N3O. The van der Waals surface area contributed by atoms with E-state index in [-0.39, 0.29) is 6.61 Å². The van der Waals surface area contributed by atoms with Gasteiger partial charge in [-0.25, -0.2) is 0 Å². The molecule has 1 saturated heterocycles. The van der Waals surface area contributed by atoms with Crippen LogP contribution in [0.25, 0.3) is 0 Å². The second-order valence-corrected chi connectivity index (χ2v) is 4.26. The standard InChI is InChI=1S/C11H25N3O/c1-2-11-10-13(8-9-15)6-7-14(11)5-3-4-12/h11,15H,2-10,12H2,1H3. The minimum Gasteiger partial charge on any atom is -0.395 e. The Hall–Kier alpha value is -0.160. The molecule has 0 radical (unpaired) electrons. The Morgan fingerprint density at radius 3 is 2.73 bits per heavy atom. The number of β-amino-alcohol motifs (C(OH)–C–C–N with tert-alkyl or cyclic N) is 1. The molecular weight excluding hydrogens is 190 g/mol. The number of hydrogen-bond acceptors (Lipinski definition) is 4. The van der Waals surface area contributed by atoms with Gasteiger partial charge in [-0.2, -0.15) is 0 Å². The zero-order valence-corrected chi connectivity index (χ0v) is 9.86. The van der Waals surface area contributed by atoms with Crippen molar-refractivity contribution < 1.29 is 5.11 Å². The molecule has 0 aromatic rings. The molecule has 0 spiro atoms. The van der Waals surface area contributed by atoms with Crippen molar-refractivity contribution in [3.05, 3.63) is 0 Å². The summed E-state index contributed by atoms with van der Waals surface area (Å²) in [7, 11) is 0. The third-order valence-corrected chi connectivity index (χ3v) is 3.23. The van der Waals surface area contributed by atoms with Crippen molar-refractivity contribution >= 4 is 0 Å². The highest BCUT2D eigenvalue weighted by Gasteiger charge is 2.24. The topological polar surface area (TPSA) is 52.7 Å². The summed E-state index contributed by atoms with van der Waals surface area (Å²) >= 11 is 0. The highest BCUT2D eigenvalue weighted by molar-refractivity contribution is 4.81. The number of piperazine rings is 1. The van der Waals surface area contributed by atoms with Gasteiger partial charge in [0.15, 0.2) is 0 Å². The highest BCUT2D eigenvalue weighted by Crippen LogP contribution is 2.12. The first-order chi connectivity index (χ1) is 7.31. The summed E-state index contributed by atoms with van der Waals surface area (Å²) in [4.78, 5) is 4.90. The van der Waals surface area contributed by atoms with Crippen LogP contribution in [0.2, 0.25) is 0 Å². The summed E-state index contributed by atoms with van der Waals surface area (Å²) in [5.41, 5.74) is 5.54. The minimum absolute atomic E-state index is 0.277. The van der Waals surface area contributed by atoms with Gasteiger partial charge in [-0.3, -0.25) is 9.80 Å². The summed E-state index contributed by atoms with van der Waals surface area (Å²) < 4.78 is 0. The maximum absolute atomic E-state index is 8.91. The largest absolute Gasteiger partial charge is 0.395 e. The molecule has 4 heteroatoms. The van der Waals surface area contributed by atoms with Crippen LogP contribution in [0, 0.1) is 0 Å². The SMILES string of the molecule is CCC1CN(CCO)CCN1CCCN. The van der Waals surface area contributed by atoms with Crippen LogP contribution in [0.1, 0.15) is 19.8 Å². The van der Waals surface area contributed by atoms with Crippen LogP contribution >= 0.6 is 0 Å². The van der Waals surface area contributed by atoms with E-state index in [4.69, 9.17) is 10.8 Å². The van der Waals surface area contributed by atoms with Crippen LogP contribution in [0.5, 0.6) is 0 Å². The zero-order valence-electron chi connectivity index (χ0n) is 9.86. The second kappa shape index (κ2) is 7.17. The molecule has 15 heavy (non-hydrogen) atoms.